The van der Waals surface area contributed by atoms with Crippen LogP contribution in [0.25, 0.3) is 16.8 Å². The second-order valence-electron chi connectivity index (χ2n) is 4.36. The summed E-state index contributed by atoms with van der Waals surface area (Å²) in [4.78, 5) is 4.06. The molecule has 0 aliphatic carbocycles. The largest absolute Gasteiger partial charge is 0.497 e. The van der Waals surface area contributed by atoms with Gasteiger partial charge in [0.05, 0.1) is 12.8 Å². The number of benzene rings is 1. The highest BCUT2D eigenvalue weighted by atomic mass is 16.5. The third-order valence-corrected chi connectivity index (χ3v) is 3.11. The van der Waals surface area contributed by atoms with E-state index in [1.165, 1.54) is 0 Å². The van der Waals surface area contributed by atoms with Crippen molar-refractivity contribution in [3.63, 3.8) is 0 Å². The minimum Gasteiger partial charge on any atom is -0.497 e. The molecule has 19 heavy (non-hydrogen) atoms. The van der Waals surface area contributed by atoms with E-state index in [0.29, 0.717) is 5.82 Å². The molecule has 0 atom stereocenters. The van der Waals surface area contributed by atoms with Crippen molar-refractivity contribution < 1.29 is 4.74 Å². The predicted octanol–water partition coefficient (Wildman–Crippen LogP) is 2.30. The molecule has 5 heteroatoms. The van der Waals surface area contributed by atoms with E-state index in [1.54, 1.807) is 18.0 Å². The molecule has 0 saturated heterocycles. The molecule has 3 rings (SSSR count). The minimum atomic E-state index is 0.497. The number of fused-ring (bicyclic) bond motifs is 1. The van der Waals surface area contributed by atoms with Crippen LogP contribution in [-0.4, -0.2) is 21.7 Å². The second kappa shape index (κ2) is 4.28. The average molecular weight is 254 g/mol. The summed E-state index contributed by atoms with van der Waals surface area (Å²) >= 11 is 0. The summed E-state index contributed by atoms with van der Waals surface area (Å²) in [5.74, 6) is 1.33. The molecule has 0 fully saturated rings. The number of nitrogen functional groups attached to an aromatic ring is 1. The molecule has 0 aliphatic rings. The number of nitrogens with two attached hydrogens (primary N) is 1. The number of hydrogen-bond acceptors (Lipinski definition) is 4. The number of aromatic nitrogens is 3. The van der Waals surface area contributed by atoms with Gasteiger partial charge in [-0.3, -0.25) is 0 Å². The molecule has 0 saturated carbocycles. The van der Waals surface area contributed by atoms with Crippen LogP contribution in [0.15, 0.2) is 36.7 Å². The third-order valence-electron chi connectivity index (χ3n) is 3.11. The van der Waals surface area contributed by atoms with Crippen LogP contribution in [-0.2, 0) is 0 Å². The zero-order valence-corrected chi connectivity index (χ0v) is 10.8. The molecule has 5 nitrogen and oxygen atoms in total. The van der Waals surface area contributed by atoms with E-state index in [0.717, 1.165) is 28.1 Å². The molecule has 3 aromatic rings. The molecule has 1 aromatic carbocycles. The summed E-state index contributed by atoms with van der Waals surface area (Å²) in [5, 5.41) is 4.55. The zero-order valence-electron chi connectivity index (χ0n) is 10.8. The van der Waals surface area contributed by atoms with Gasteiger partial charge in [-0.1, -0.05) is 0 Å². The zero-order chi connectivity index (χ0) is 13.4. The first kappa shape index (κ1) is 11.5. The van der Waals surface area contributed by atoms with Gasteiger partial charge in [0.1, 0.15) is 17.6 Å². The van der Waals surface area contributed by atoms with Gasteiger partial charge < -0.3 is 10.5 Å². The molecule has 0 amide bonds. The average Bonchev–Trinajstić information content (AvgIpc) is 2.79. The minimum absolute atomic E-state index is 0.497. The van der Waals surface area contributed by atoms with Gasteiger partial charge in [-0.05, 0) is 42.8 Å². The van der Waals surface area contributed by atoms with Crippen LogP contribution in [0.1, 0.15) is 5.56 Å². The predicted molar refractivity (Wildman–Crippen MR) is 74.1 cm³/mol. The number of methoxy groups -OCH3 is 1. The van der Waals surface area contributed by atoms with Gasteiger partial charge >= 0.3 is 0 Å². The lowest BCUT2D eigenvalue weighted by molar-refractivity contribution is 0.415. The summed E-state index contributed by atoms with van der Waals surface area (Å²) in [6.45, 7) is 2.01. The van der Waals surface area contributed by atoms with Crippen molar-refractivity contribution in [3.8, 4) is 17.0 Å². The fourth-order valence-corrected chi connectivity index (χ4v) is 2.08. The molecule has 2 N–H and O–H groups in total. The Morgan fingerprint density at radius 3 is 2.63 bits per heavy atom. The molecule has 0 radical (unpaired) electrons. The highest BCUT2D eigenvalue weighted by Gasteiger charge is 2.09. The summed E-state index contributed by atoms with van der Waals surface area (Å²) in [6, 6.07) is 9.81. The van der Waals surface area contributed by atoms with Crippen molar-refractivity contribution in [2.45, 2.75) is 6.92 Å². The Hall–Kier alpha value is -2.56. The molecule has 0 unspecified atom stereocenters. The maximum atomic E-state index is 5.78. The van der Waals surface area contributed by atoms with Crippen molar-refractivity contribution >= 4 is 11.3 Å². The van der Waals surface area contributed by atoms with Crippen LogP contribution in [0, 0.1) is 6.92 Å². The first-order valence-corrected chi connectivity index (χ1v) is 5.94. The highest BCUT2D eigenvalue weighted by Crippen LogP contribution is 2.25. The van der Waals surface area contributed by atoms with E-state index < -0.39 is 0 Å². The molecule has 96 valence electrons. The van der Waals surface area contributed by atoms with Crippen LogP contribution < -0.4 is 10.5 Å². The summed E-state index contributed by atoms with van der Waals surface area (Å²) in [6.07, 6.45) is 1.62. The van der Waals surface area contributed by atoms with Gasteiger partial charge in [-0.25, -0.2) is 9.50 Å². The molecule has 0 spiro atoms. The number of anilines is 1. The van der Waals surface area contributed by atoms with Crippen LogP contribution in [0.4, 0.5) is 5.82 Å². The standard InChI is InChI=1S/C14H14N4O/c1-9-7-12-14(15)16-8-18(12)17-13(9)10-3-5-11(19-2)6-4-10/h3-8H,15H2,1-2H3. The van der Waals surface area contributed by atoms with Gasteiger partial charge in [0.2, 0.25) is 0 Å². The van der Waals surface area contributed by atoms with Crippen LogP contribution in [0.2, 0.25) is 0 Å². The van der Waals surface area contributed by atoms with Crippen LogP contribution in [0.5, 0.6) is 5.75 Å². The summed E-state index contributed by atoms with van der Waals surface area (Å²) in [5.41, 5.74) is 9.62. The number of aryl methyl sites for hydroxylation is 1. The van der Waals surface area contributed by atoms with E-state index in [-0.39, 0.29) is 0 Å². The Morgan fingerprint density at radius 1 is 1.21 bits per heavy atom. The number of hydrogen-bond donors (Lipinski definition) is 1. The maximum Gasteiger partial charge on any atom is 0.151 e. The van der Waals surface area contributed by atoms with Gasteiger partial charge in [0.25, 0.3) is 0 Å². The van der Waals surface area contributed by atoms with E-state index >= 15 is 0 Å². The van der Waals surface area contributed by atoms with Gasteiger partial charge in [0, 0.05) is 5.56 Å². The summed E-state index contributed by atoms with van der Waals surface area (Å²) in [7, 11) is 1.65. The third kappa shape index (κ3) is 1.89. The molecule has 0 bridgehead atoms. The lowest BCUT2D eigenvalue weighted by Crippen LogP contribution is -1.97. The van der Waals surface area contributed by atoms with Crippen molar-refractivity contribution in [2.24, 2.45) is 0 Å². The van der Waals surface area contributed by atoms with Crippen LogP contribution >= 0.6 is 0 Å². The Balaban J connectivity index is 2.15. The van der Waals surface area contributed by atoms with E-state index in [1.807, 2.05) is 37.3 Å². The number of nitrogens with zero attached hydrogens (tertiary/aromatic N) is 3. The molecular weight excluding hydrogens is 240 g/mol. The smallest absolute Gasteiger partial charge is 0.151 e. The first-order chi connectivity index (χ1) is 9.19. The topological polar surface area (TPSA) is 65.4 Å². The highest BCUT2D eigenvalue weighted by molar-refractivity contribution is 5.71. The quantitative estimate of drug-likeness (QED) is 0.762. The van der Waals surface area contributed by atoms with Gasteiger partial charge in [-0.2, -0.15) is 5.10 Å². The SMILES string of the molecule is COc1ccc(-c2nn3cnc(N)c3cc2C)cc1. The number of rotatable bonds is 2. The lowest BCUT2D eigenvalue weighted by atomic mass is 10.1. The van der Waals surface area contributed by atoms with Crippen molar-refractivity contribution in [1.29, 1.82) is 0 Å². The monoisotopic (exact) mass is 254 g/mol. The Kier molecular flexibility index (Phi) is 2.59. The van der Waals surface area contributed by atoms with E-state index in [9.17, 15) is 0 Å². The normalized spacial score (nSPS) is 10.8. The lowest BCUT2D eigenvalue weighted by Gasteiger charge is -2.07. The van der Waals surface area contributed by atoms with E-state index in [4.69, 9.17) is 10.5 Å². The van der Waals surface area contributed by atoms with Crippen molar-refractivity contribution in [2.75, 3.05) is 12.8 Å². The van der Waals surface area contributed by atoms with Gasteiger partial charge in [0.15, 0.2) is 5.82 Å². The Bertz CT molecular complexity index is 731. The number of ether oxygens (including phenoxy) is 1. The van der Waals surface area contributed by atoms with Crippen molar-refractivity contribution in [1.82, 2.24) is 14.6 Å². The van der Waals surface area contributed by atoms with Gasteiger partial charge in [-0.15, -0.1) is 0 Å². The molecule has 0 aliphatic heterocycles. The Morgan fingerprint density at radius 2 is 1.95 bits per heavy atom. The molecule has 2 aromatic heterocycles. The first-order valence-electron chi connectivity index (χ1n) is 5.94. The molecule has 2 heterocycles. The Labute approximate surface area is 110 Å². The van der Waals surface area contributed by atoms with Crippen LogP contribution in [0.3, 0.4) is 0 Å². The fraction of sp³-hybridized carbons (Fsp3) is 0.143. The second-order valence-corrected chi connectivity index (χ2v) is 4.36. The van der Waals surface area contributed by atoms with Crippen molar-refractivity contribution in [3.05, 3.63) is 42.2 Å². The number of imidazole rings is 1. The maximum absolute atomic E-state index is 5.78. The molecular formula is C14H14N4O. The van der Waals surface area contributed by atoms with E-state index in [2.05, 4.69) is 10.1 Å². The summed E-state index contributed by atoms with van der Waals surface area (Å²) < 4.78 is 6.85. The fourth-order valence-electron chi connectivity index (χ4n) is 2.08.